The Morgan fingerprint density at radius 1 is 0.960 bits per heavy atom. The van der Waals surface area contributed by atoms with E-state index < -0.39 is 17.6 Å². The molecule has 0 saturated carbocycles. The molecule has 0 amide bonds. The summed E-state index contributed by atoms with van der Waals surface area (Å²) < 4.78 is 12.4. The van der Waals surface area contributed by atoms with Crippen LogP contribution in [0.3, 0.4) is 0 Å². The summed E-state index contributed by atoms with van der Waals surface area (Å²) in [5.74, 6) is 0.842. The Morgan fingerprint density at radius 3 is 2.24 bits per heavy atom. The first-order chi connectivity index (χ1) is 12.3. The van der Waals surface area contributed by atoms with Crippen molar-refractivity contribution in [1.29, 1.82) is 0 Å². The van der Waals surface area contributed by atoms with Crippen LogP contribution in [0, 0.1) is 0 Å². The highest BCUT2D eigenvalue weighted by Gasteiger charge is 2.32. The van der Waals surface area contributed by atoms with E-state index in [0.717, 1.165) is 17.9 Å². The van der Waals surface area contributed by atoms with Crippen LogP contribution in [0.25, 0.3) is 0 Å². The van der Waals surface area contributed by atoms with Crippen molar-refractivity contribution in [2.45, 2.75) is 93.5 Å². The molecule has 2 saturated heterocycles. The Kier molecular flexibility index (Phi) is 7.78. The van der Waals surface area contributed by atoms with Gasteiger partial charge in [0, 0.05) is 17.6 Å². The molecule has 0 spiro atoms. The zero-order chi connectivity index (χ0) is 17.5. The number of benzene rings is 1. The number of halogens is 1. The van der Waals surface area contributed by atoms with Crippen molar-refractivity contribution in [2.24, 2.45) is 0 Å². The average molecular weight is 377 g/mol. The van der Waals surface area contributed by atoms with Gasteiger partial charge in [0.15, 0.2) is 0 Å². The fourth-order valence-corrected chi connectivity index (χ4v) is 13.9. The number of aryl methyl sites for hydroxylation is 1. The maximum absolute atomic E-state index is 12.4. The summed E-state index contributed by atoms with van der Waals surface area (Å²) in [4.78, 5) is 0. The van der Waals surface area contributed by atoms with Crippen LogP contribution in [0.5, 0.6) is 0 Å². The van der Waals surface area contributed by atoms with Crippen LogP contribution in [-0.4, -0.2) is 24.3 Å². The number of rotatable bonds is 7. The molecule has 0 atom stereocenters. The summed E-state index contributed by atoms with van der Waals surface area (Å²) in [5, 5.41) is 0. The quantitative estimate of drug-likeness (QED) is 0.477. The molecule has 0 radical (unpaired) electrons. The van der Waals surface area contributed by atoms with Gasteiger partial charge in [0.05, 0.1) is 6.67 Å². The predicted octanol–water partition coefficient (Wildman–Crippen LogP) is 6.49. The molecule has 140 valence electrons. The second kappa shape index (κ2) is 10.1. The van der Waals surface area contributed by atoms with Crippen LogP contribution >= 0.6 is 0 Å². The Hall–Kier alpha value is -0.416. The second-order valence-electron chi connectivity index (χ2n) is 8.72. The number of alkyl halides is 1. The molecular weight excluding hydrogens is 339 g/mol. The van der Waals surface area contributed by atoms with Crippen LogP contribution in [0.15, 0.2) is 24.3 Å². The van der Waals surface area contributed by atoms with Crippen LogP contribution in [0.2, 0.25) is 35.8 Å². The third kappa shape index (κ3) is 5.53. The summed E-state index contributed by atoms with van der Waals surface area (Å²) in [6.45, 7) is 2.18. The van der Waals surface area contributed by atoms with Crippen molar-refractivity contribution in [1.82, 2.24) is 0 Å². The van der Waals surface area contributed by atoms with E-state index in [0.29, 0.717) is 0 Å². The largest absolute Gasteiger partial charge is 0.251 e. The van der Waals surface area contributed by atoms with Gasteiger partial charge in [-0.2, -0.15) is 0 Å². The molecule has 2 heterocycles. The fourth-order valence-electron chi connectivity index (χ4n) is 5.48. The highest BCUT2D eigenvalue weighted by molar-refractivity contribution is 6.63. The van der Waals surface area contributed by atoms with Gasteiger partial charge in [-0.05, 0) is 48.3 Å². The molecule has 0 unspecified atom stereocenters. The smallest absolute Gasteiger partial charge is 0.0891 e. The lowest BCUT2D eigenvalue weighted by Gasteiger charge is -2.37. The normalized spacial score (nSPS) is 30.3. The van der Waals surface area contributed by atoms with Gasteiger partial charge in [-0.15, -0.1) is 0 Å². The lowest BCUT2D eigenvalue weighted by molar-refractivity contribution is 0.484. The van der Waals surface area contributed by atoms with E-state index >= 15 is 0 Å². The van der Waals surface area contributed by atoms with E-state index in [1.807, 2.05) is 0 Å². The molecule has 2 fully saturated rings. The summed E-state index contributed by atoms with van der Waals surface area (Å²) in [5.41, 5.74) is 4.25. The first-order valence-corrected chi connectivity index (χ1v) is 15.7. The van der Waals surface area contributed by atoms with Gasteiger partial charge in [-0.1, -0.05) is 80.7 Å². The van der Waals surface area contributed by atoms with Gasteiger partial charge in [0.25, 0.3) is 0 Å². The monoisotopic (exact) mass is 376 g/mol. The van der Waals surface area contributed by atoms with Gasteiger partial charge < -0.3 is 0 Å². The maximum atomic E-state index is 12.4. The SMILES string of the molecule is CCCc1ccc(C2CC[SiH]([C@H]3CC[Si@H](CCCF)CC3)CC2)cc1. The fraction of sp³-hybridized carbons (Fsp3) is 0.727. The van der Waals surface area contributed by atoms with Crippen molar-refractivity contribution in [3.8, 4) is 0 Å². The average Bonchev–Trinajstić information content (AvgIpc) is 2.68. The third-order valence-electron chi connectivity index (χ3n) is 7.07. The van der Waals surface area contributed by atoms with Crippen molar-refractivity contribution in [3.05, 3.63) is 35.4 Å². The first kappa shape index (κ1) is 19.3. The zero-order valence-corrected chi connectivity index (χ0v) is 18.5. The van der Waals surface area contributed by atoms with E-state index in [1.54, 1.807) is 17.7 Å². The molecule has 1 aromatic carbocycles. The van der Waals surface area contributed by atoms with Gasteiger partial charge in [-0.25, -0.2) is 0 Å². The third-order valence-corrected chi connectivity index (χ3v) is 14.7. The lowest BCUT2D eigenvalue weighted by Crippen LogP contribution is -2.30. The number of hydrogen-bond donors (Lipinski definition) is 0. The Bertz CT molecular complexity index is 485. The standard InChI is InChI=1S/C22H37FSi2/c1-2-4-19-5-7-20(8-6-19)21-9-17-25(18-10-21)22-11-15-24(16-12-22)14-3-13-23/h5-8,21-22,24-25H,2-4,9-18H2,1H3/t21?,22-,24-,25?. The molecular formula is C22H37FSi2. The van der Waals surface area contributed by atoms with Gasteiger partial charge >= 0.3 is 0 Å². The molecule has 0 aromatic heterocycles. The zero-order valence-electron chi connectivity index (χ0n) is 16.2. The topological polar surface area (TPSA) is 0 Å². The summed E-state index contributed by atoms with van der Waals surface area (Å²) >= 11 is 0. The minimum atomic E-state index is -0.527. The molecule has 1 aromatic rings. The van der Waals surface area contributed by atoms with Gasteiger partial charge in [0.1, 0.15) is 0 Å². The van der Waals surface area contributed by atoms with Crippen LogP contribution in [0.1, 0.15) is 62.5 Å². The summed E-state index contributed by atoms with van der Waals surface area (Å²) in [6, 6.07) is 17.1. The Morgan fingerprint density at radius 2 is 1.64 bits per heavy atom. The summed E-state index contributed by atoms with van der Waals surface area (Å²) in [6.07, 6.45) is 9.33. The maximum Gasteiger partial charge on any atom is 0.0891 e. The predicted molar refractivity (Wildman–Crippen MR) is 114 cm³/mol. The molecule has 0 aliphatic carbocycles. The second-order valence-corrected chi connectivity index (χ2v) is 15.8. The molecule has 0 nitrogen and oxygen atoms in total. The van der Waals surface area contributed by atoms with Crippen molar-refractivity contribution in [3.63, 3.8) is 0 Å². The minimum Gasteiger partial charge on any atom is -0.251 e. The van der Waals surface area contributed by atoms with Crippen LogP contribution in [0.4, 0.5) is 4.39 Å². The lowest BCUT2D eigenvalue weighted by atomic mass is 9.92. The summed E-state index contributed by atoms with van der Waals surface area (Å²) in [7, 11) is -1.02. The Labute approximate surface area is 157 Å². The van der Waals surface area contributed by atoms with Gasteiger partial charge in [-0.3, -0.25) is 4.39 Å². The van der Waals surface area contributed by atoms with Crippen molar-refractivity contribution >= 4 is 17.6 Å². The van der Waals surface area contributed by atoms with Crippen LogP contribution < -0.4 is 0 Å². The highest BCUT2D eigenvalue weighted by atomic mass is 28.3. The van der Waals surface area contributed by atoms with E-state index in [9.17, 15) is 4.39 Å². The van der Waals surface area contributed by atoms with Crippen molar-refractivity contribution < 1.29 is 4.39 Å². The van der Waals surface area contributed by atoms with E-state index in [2.05, 4.69) is 31.2 Å². The number of hydrogen-bond acceptors (Lipinski definition) is 0. The molecule has 25 heavy (non-hydrogen) atoms. The minimum absolute atomic E-state index is 0.0783. The molecule has 3 heteroatoms. The van der Waals surface area contributed by atoms with E-state index in [-0.39, 0.29) is 6.67 Å². The molecule has 0 N–H and O–H groups in total. The molecule has 2 aliphatic heterocycles. The van der Waals surface area contributed by atoms with E-state index in [4.69, 9.17) is 0 Å². The Balaban J connectivity index is 1.43. The highest BCUT2D eigenvalue weighted by Crippen LogP contribution is 2.42. The first-order valence-electron chi connectivity index (χ1n) is 10.9. The molecule has 0 bridgehead atoms. The van der Waals surface area contributed by atoms with Gasteiger partial charge in [0.2, 0.25) is 0 Å². The van der Waals surface area contributed by atoms with Crippen LogP contribution in [-0.2, 0) is 6.42 Å². The molecule has 3 rings (SSSR count). The molecule has 2 aliphatic rings. The van der Waals surface area contributed by atoms with Crippen molar-refractivity contribution in [2.75, 3.05) is 6.67 Å². The van der Waals surface area contributed by atoms with E-state index in [1.165, 1.54) is 62.2 Å².